The number of rotatable bonds is 10. The van der Waals surface area contributed by atoms with Gasteiger partial charge in [-0.25, -0.2) is 9.59 Å². The van der Waals surface area contributed by atoms with E-state index >= 15 is 0 Å². The van der Waals surface area contributed by atoms with Crippen molar-refractivity contribution in [3.8, 4) is 11.1 Å². The number of hydrogen-bond acceptors (Lipinski definition) is 6. The van der Waals surface area contributed by atoms with Crippen molar-refractivity contribution in [3.63, 3.8) is 0 Å². The highest BCUT2D eigenvalue weighted by molar-refractivity contribution is 5.81. The molecular weight excluding hydrogens is 438 g/mol. The number of carbonyl (C=O) groups is 2. The summed E-state index contributed by atoms with van der Waals surface area (Å²) in [4.78, 5) is 24.0. The van der Waals surface area contributed by atoms with Gasteiger partial charge in [0.2, 0.25) is 0 Å². The van der Waals surface area contributed by atoms with Gasteiger partial charge in [0.1, 0.15) is 6.61 Å². The zero-order valence-electron chi connectivity index (χ0n) is 19.3. The second-order valence-corrected chi connectivity index (χ2v) is 8.64. The van der Waals surface area contributed by atoms with E-state index in [4.69, 9.17) is 18.9 Å². The second kappa shape index (κ2) is 11.5. The molecule has 1 aliphatic heterocycles. The molecule has 1 heterocycles. The first-order chi connectivity index (χ1) is 16.5. The number of ether oxygens (including phenoxy) is 4. The van der Waals surface area contributed by atoms with E-state index in [9.17, 15) is 14.7 Å². The largest absolute Gasteiger partial charge is 0.480 e. The predicted molar refractivity (Wildman–Crippen MR) is 125 cm³/mol. The Balaban J connectivity index is 1.25. The van der Waals surface area contributed by atoms with Gasteiger partial charge in [-0.1, -0.05) is 48.5 Å². The molecule has 0 bridgehead atoms. The molecule has 0 spiro atoms. The first-order valence-electron chi connectivity index (χ1n) is 11.7. The number of carboxylic acid groups (broad SMARTS) is 1. The topological polar surface area (TPSA) is 103 Å². The fraction of sp³-hybridized carbons (Fsp3) is 0.462. The van der Waals surface area contributed by atoms with Crippen LogP contribution in [0, 0.1) is 0 Å². The molecule has 34 heavy (non-hydrogen) atoms. The molecule has 8 nitrogen and oxygen atoms in total. The average molecular weight is 470 g/mol. The van der Waals surface area contributed by atoms with Gasteiger partial charge in [-0.2, -0.15) is 0 Å². The number of carbonyl (C=O) groups excluding carboxylic acids is 1. The SMILES string of the molecule is C[C@@H](COC[C@H](NC(=O)OCC1c2ccccc2-c2ccccc21)C(=O)O)O[C@H]1CCCCO1. The van der Waals surface area contributed by atoms with Crippen LogP contribution in [0.15, 0.2) is 48.5 Å². The molecule has 0 unspecified atom stereocenters. The van der Waals surface area contributed by atoms with E-state index < -0.39 is 18.1 Å². The Kier molecular flexibility index (Phi) is 8.16. The Morgan fingerprint density at radius 2 is 1.74 bits per heavy atom. The quantitative estimate of drug-likeness (QED) is 0.543. The molecule has 2 aliphatic rings. The maximum absolute atomic E-state index is 12.4. The number of fused-ring (bicyclic) bond motifs is 3. The van der Waals surface area contributed by atoms with Crippen LogP contribution < -0.4 is 5.32 Å². The molecule has 0 saturated carbocycles. The van der Waals surface area contributed by atoms with Gasteiger partial charge in [-0.05, 0) is 48.4 Å². The van der Waals surface area contributed by atoms with E-state index in [2.05, 4.69) is 17.4 Å². The van der Waals surface area contributed by atoms with Crippen molar-refractivity contribution in [1.29, 1.82) is 0 Å². The van der Waals surface area contributed by atoms with Crippen LogP contribution in [0.4, 0.5) is 4.79 Å². The third kappa shape index (κ3) is 5.94. The predicted octanol–water partition coefficient (Wildman–Crippen LogP) is 3.93. The lowest BCUT2D eigenvalue weighted by Gasteiger charge is -2.26. The van der Waals surface area contributed by atoms with Crippen molar-refractivity contribution < 1.29 is 33.6 Å². The van der Waals surface area contributed by atoms with E-state index in [0.717, 1.165) is 41.5 Å². The van der Waals surface area contributed by atoms with Gasteiger partial charge in [0.15, 0.2) is 12.3 Å². The molecule has 2 aromatic carbocycles. The van der Waals surface area contributed by atoms with E-state index in [-0.39, 0.29) is 38.1 Å². The highest BCUT2D eigenvalue weighted by atomic mass is 16.7. The fourth-order valence-corrected chi connectivity index (χ4v) is 4.43. The van der Waals surface area contributed by atoms with Crippen LogP contribution in [0.2, 0.25) is 0 Å². The van der Waals surface area contributed by atoms with Crippen LogP contribution in [-0.4, -0.2) is 62.0 Å². The number of amides is 1. The molecule has 0 radical (unpaired) electrons. The zero-order chi connectivity index (χ0) is 23.9. The fourth-order valence-electron chi connectivity index (χ4n) is 4.43. The van der Waals surface area contributed by atoms with Gasteiger partial charge in [0, 0.05) is 12.5 Å². The summed E-state index contributed by atoms with van der Waals surface area (Å²) in [6.07, 6.45) is 1.63. The molecule has 1 fully saturated rings. The Morgan fingerprint density at radius 1 is 1.06 bits per heavy atom. The average Bonchev–Trinajstić information content (AvgIpc) is 3.16. The van der Waals surface area contributed by atoms with Gasteiger partial charge in [0.25, 0.3) is 0 Å². The number of nitrogens with one attached hydrogen (secondary N) is 1. The van der Waals surface area contributed by atoms with Gasteiger partial charge >= 0.3 is 12.1 Å². The number of carboxylic acids is 1. The highest BCUT2D eigenvalue weighted by Crippen LogP contribution is 2.44. The Bertz CT molecular complexity index is 943. The normalized spacial score (nSPS) is 19.0. The number of aliphatic carboxylic acids is 1. The van der Waals surface area contributed by atoms with E-state index in [1.807, 2.05) is 43.3 Å². The molecule has 1 aliphatic carbocycles. The molecule has 2 aromatic rings. The molecular formula is C26H31NO7. The van der Waals surface area contributed by atoms with Crippen molar-refractivity contribution in [2.45, 2.75) is 50.5 Å². The molecule has 3 atom stereocenters. The van der Waals surface area contributed by atoms with Gasteiger partial charge in [0.05, 0.1) is 19.3 Å². The zero-order valence-corrected chi connectivity index (χ0v) is 19.3. The van der Waals surface area contributed by atoms with Crippen molar-refractivity contribution in [2.24, 2.45) is 0 Å². The van der Waals surface area contributed by atoms with Crippen molar-refractivity contribution in [1.82, 2.24) is 5.32 Å². The molecule has 4 rings (SSSR count). The summed E-state index contributed by atoms with van der Waals surface area (Å²) in [7, 11) is 0. The first-order valence-corrected chi connectivity index (χ1v) is 11.7. The lowest BCUT2D eigenvalue weighted by Crippen LogP contribution is -2.45. The van der Waals surface area contributed by atoms with E-state index in [1.54, 1.807) is 0 Å². The van der Waals surface area contributed by atoms with E-state index in [1.165, 1.54) is 0 Å². The third-order valence-corrected chi connectivity index (χ3v) is 6.09. The van der Waals surface area contributed by atoms with Crippen molar-refractivity contribution >= 4 is 12.1 Å². The van der Waals surface area contributed by atoms with Gasteiger partial charge < -0.3 is 29.4 Å². The molecule has 2 N–H and O–H groups in total. The van der Waals surface area contributed by atoms with Gasteiger partial charge in [-0.3, -0.25) is 0 Å². The summed E-state index contributed by atoms with van der Waals surface area (Å²) in [5.74, 6) is -1.30. The Morgan fingerprint density at radius 3 is 2.35 bits per heavy atom. The van der Waals surface area contributed by atoms with Crippen molar-refractivity contribution in [3.05, 3.63) is 59.7 Å². The van der Waals surface area contributed by atoms with E-state index in [0.29, 0.717) is 6.61 Å². The lowest BCUT2D eigenvalue weighted by atomic mass is 9.98. The maximum Gasteiger partial charge on any atom is 0.407 e. The Labute approximate surface area is 199 Å². The van der Waals surface area contributed by atoms with Crippen LogP contribution in [0.1, 0.15) is 43.2 Å². The molecule has 8 heteroatoms. The molecule has 1 amide bonds. The summed E-state index contributed by atoms with van der Waals surface area (Å²) in [5.41, 5.74) is 4.42. The van der Waals surface area contributed by atoms with Crippen LogP contribution in [-0.2, 0) is 23.7 Å². The number of hydrogen-bond donors (Lipinski definition) is 2. The van der Waals surface area contributed by atoms with Crippen LogP contribution in [0.25, 0.3) is 11.1 Å². The minimum absolute atomic E-state index is 0.0994. The molecule has 0 aromatic heterocycles. The molecule has 1 saturated heterocycles. The monoisotopic (exact) mass is 469 g/mol. The third-order valence-electron chi connectivity index (χ3n) is 6.09. The Hall–Kier alpha value is -2.94. The maximum atomic E-state index is 12.4. The second-order valence-electron chi connectivity index (χ2n) is 8.64. The van der Waals surface area contributed by atoms with Gasteiger partial charge in [-0.15, -0.1) is 0 Å². The van der Waals surface area contributed by atoms with Crippen LogP contribution in [0.5, 0.6) is 0 Å². The summed E-state index contributed by atoms with van der Waals surface area (Å²) in [6, 6.07) is 14.8. The number of benzene rings is 2. The first kappa shape index (κ1) is 24.2. The minimum Gasteiger partial charge on any atom is -0.480 e. The summed E-state index contributed by atoms with van der Waals surface area (Å²) in [6.45, 7) is 2.63. The summed E-state index contributed by atoms with van der Waals surface area (Å²) < 4.78 is 22.2. The van der Waals surface area contributed by atoms with Crippen molar-refractivity contribution in [2.75, 3.05) is 26.4 Å². The number of alkyl carbamates (subject to hydrolysis) is 1. The highest BCUT2D eigenvalue weighted by Gasteiger charge is 2.30. The summed E-state index contributed by atoms with van der Waals surface area (Å²) in [5, 5.41) is 11.9. The van der Waals surface area contributed by atoms with Crippen LogP contribution >= 0.6 is 0 Å². The summed E-state index contributed by atoms with van der Waals surface area (Å²) >= 11 is 0. The molecule has 182 valence electrons. The minimum atomic E-state index is -1.23. The standard InChI is InChI=1S/C26H31NO7/c1-17(34-24-12-6-7-13-32-24)14-31-16-23(25(28)29)27-26(30)33-15-22-20-10-4-2-8-18(20)19-9-3-5-11-21(19)22/h2-5,8-11,17,22-24H,6-7,12-16H2,1H3,(H,27,30)(H,28,29)/t17-,23-,24-/m0/s1. The smallest absolute Gasteiger partial charge is 0.407 e. The lowest BCUT2D eigenvalue weighted by molar-refractivity contribution is -0.194. The van der Waals surface area contributed by atoms with Crippen LogP contribution in [0.3, 0.4) is 0 Å².